The maximum Gasteiger partial charge on any atom is 0.341 e. The van der Waals surface area contributed by atoms with Gasteiger partial charge in [-0.2, -0.15) is 0 Å². The molecule has 0 bridgehead atoms. The number of hydrogen-bond donors (Lipinski definition) is 0. The average Bonchev–Trinajstić information content (AvgIpc) is 2.71. The first-order chi connectivity index (χ1) is 14.1. The number of benzene rings is 1. The van der Waals surface area contributed by atoms with Gasteiger partial charge in [-0.25, -0.2) is 4.79 Å². The molecule has 2 saturated heterocycles. The number of nitro benzene ring substituents is 1. The normalized spacial score (nSPS) is 17.9. The first-order valence-corrected chi connectivity index (χ1v) is 10.1. The third-order valence-electron chi connectivity index (χ3n) is 5.30. The Bertz CT molecular complexity index is 740. The second-order valence-electron chi connectivity index (χ2n) is 7.28. The average molecular weight is 405 g/mol. The molecule has 158 valence electrons. The molecule has 1 aromatic carbocycles. The Kier molecular flexibility index (Phi) is 7.40. The van der Waals surface area contributed by atoms with E-state index in [1.807, 2.05) is 4.90 Å². The predicted molar refractivity (Wildman–Crippen MR) is 106 cm³/mol. The van der Waals surface area contributed by atoms with E-state index in [1.165, 1.54) is 18.6 Å². The molecule has 0 spiro atoms. The van der Waals surface area contributed by atoms with E-state index in [2.05, 4.69) is 0 Å². The van der Waals surface area contributed by atoms with Gasteiger partial charge in [0.05, 0.1) is 29.4 Å². The molecule has 0 N–H and O–H groups in total. The zero-order valence-corrected chi connectivity index (χ0v) is 16.5. The topological polar surface area (TPSA) is 102 Å². The van der Waals surface area contributed by atoms with Crippen molar-refractivity contribution in [1.29, 1.82) is 0 Å². The summed E-state index contributed by atoms with van der Waals surface area (Å²) in [4.78, 5) is 39.5. The SMILES string of the molecule is O=C(OCC(=O)N1CCCCCCC1)c1cc([N+](=O)[O-])ccc1N1CCOCC1. The summed E-state index contributed by atoms with van der Waals surface area (Å²) in [6, 6.07) is 4.14. The molecule has 29 heavy (non-hydrogen) atoms. The highest BCUT2D eigenvalue weighted by Gasteiger charge is 2.24. The number of esters is 1. The van der Waals surface area contributed by atoms with Gasteiger partial charge in [0, 0.05) is 38.3 Å². The zero-order valence-electron chi connectivity index (χ0n) is 16.5. The van der Waals surface area contributed by atoms with Gasteiger partial charge in [0.1, 0.15) is 0 Å². The van der Waals surface area contributed by atoms with Crippen molar-refractivity contribution in [3.63, 3.8) is 0 Å². The molecule has 2 fully saturated rings. The van der Waals surface area contributed by atoms with Gasteiger partial charge in [0.15, 0.2) is 6.61 Å². The number of morpholine rings is 1. The van der Waals surface area contributed by atoms with Crippen LogP contribution in [0.25, 0.3) is 0 Å². The van der Waals surface area contributed by atoms with Crippen molar-refractivity contribution in [2.24, 2.45) is 0 Å². The van der Waals surface area contributed by atoms with E-state index in [9.17, 15) is 19.7 Å². The number of likely N-dealkylation sites (tertiary alicyclic amines) is 1. The third-order valence-corrected chi connectivity index (χ3v) is 5.30. The van der Waals surface area contributed by atoms with E-state index in [4.69, 9.17) is 9.47 Å². The quantitative estimate of drug-likeness (QED) is 0.421. The second kappa shape index (κ2) is 10.2. The minimum Gasteiger partial charge on any atom is -0.452 e. The zero-order chi connectivity index (χ0) is 20.6. The summed E-state index contributed by atoms with van der Waals surface area (Å²) >= 11 is 0. The maximum absolute atomic E-state index is 12.7. The molecule has 0 unspecified atom stereocenters. The van der Waals surface area contributed by atoms with Crippen LogP contribution in [0.3, 0.4) is 0 Å². The second-order valence-corrected chi connectivity index (χ2v) is 7.28. The van der Waals surface area contributed by atoms with Crippen LogP contribution in [0.4, 0.5) is 11.4 Å². The van der Waals surface area contributed by atoms with Crippen LogP contribution in [0, 0.1) is 10.1 Å². The van der Waals surface area contributed by atoms with Gasteiger partial charge in [0.25, 0.3) is 11.6 Å². The Morgan fingerprint density at radius 2 is 1.69 bits per heavy atom. The Balaban J connectivity index is 1.70. The summed E-state index contributed by atoms with van der Waals surface area (Å²) in [6.07, 6.45) is 5.28. The van der Waals surface area contributed by atoms with Crippen LogP contribution in [-0.2, 0) is 14.3 Å². The Morgan fingerprint density at radius 3 is 2.34 bits per heavy atom. The molecule has 0 aliphatic carbocycles. The molecule has 1 aromatic rings. The highest BCUT2D eigenvalue weighted by molar-refractivity contribution is 5.97. The highest BCUT2D eigenvalue weighted by Crippen LogP contribution is 2.27. The van der Waals surface area contributed by atoms with E-state index in [1.54, 1.807) is 11.0 Å². The van der Waals surface area contributed by atoms with Crippen molar-refractivity contribution < 1.29 is 24.0 Å². The molecule has 9 heteroatoms. The summed E-state index contributed by atoms with van der Waals surface area (Å²) in [7, 11) is 0. The van der Waals surface area contributed by atoms with E-state index in [0.29, 0.717) is 45.1 Å². The number of anilines is 1. The number of nitro groups is 1. The number of ether oxygens (including phenoxy) is 2. The number of nitrogens with zero attached hydrogens (tertiary/aromatic N) is 3. The van der Waals surface area contributed by atoms with E-state index >= 15 is 0 Å². The molecule has 2 heterocycles. The Morgan fingerprint density at radius 1 is 1.03 bits per heavy atom. The number of hydrogen-bond acceptors (Lipinski definition) is 7. The van der Waals surface area contributed by atoms with E-state index < -0.39 is 10.9 Å². The lowest BCUT2D eigenvalue weighted by Crippen LogP contribution is -2.38. The largest absolute Gasteiger partial charge is 0.452 e. The van der Waals surface area contributed by atoms with Crippen molar-refractivity contribution >= 4 is 23.3 Å². The minimum atomic E-state index is -0.726. The van der Waals surface area contributed by atoms with E-state index in [0.717, 1.165) is 25.7 Å². The van der Waals surface area contributed by atoms with Gasteiger partial charge >= 0.3 is 5.97 Å². The monoisotopic (exact) mass is 405 g/mol. The standard InChI is InChI=1S/C20H27N3O6/c24-19(22-8-4-2-1-3-5-9-22)15-29-20(25)17-14-16(23(26)27)6-7-18(17)21-10-12-28-13-11-21/h6-7,14H,1-5,8-13,15H2. The summed E-state index contributed by atoms with van der Waals surface area (Å²) < 4.78 is 10.6. The number of rotatable bonds is 5. The fourth-order valence-electron chi connectivity index (χ4n) is 3.67. The van der Waals surface area contributed by atoms with Crippen LogP contribution in [0.15, 0.2) is 18.2 Å². The van der Waals surface area contributed by atoms with Gasteiger partial charge in [0.2, 0.25) is 0 Å². The summed E-state index contributed by atoms with van der Waals surface area (Å²) in [5, 5.41) is 11.2. The number of amides is 1. The maximum atomic E-state index is 12.7. The molecule has 3 rings (SSSR count). The van der Waals surface area contributed by atoms with Crippen molar-refractivity contribution in [3.8, 4) is 0 Å². The molecular formula is C20H27N3O6. The molecule has 2 aliphatic heterocycles. The van der Waals surface area contributed by atoms with Gasteiger partial charge < -0.3 is 19.3 Å². The smallest absolute Gasteiger partial charge is 0.341 e. The molecule has 0 radical (unpaired) electrons. The van der Waals surface area contributed by atoms with Crippen molar-refractivity contribution in [2.75, 3.05) is 50.9 Å². The molecule has 0 saturated carbocycles. The summed E-state index contributed by atoms with van der Waals surface area (Å²) in [6.45, 7) is 3.16. The molecule has 2 aliphatic rings. The molecule has 9 nitrogen and oxygen atoms in total. The van der Waals surface area contributed by atoms with Crippen LogP contribution in [0.2, 0.25) is 0 Å². The molecule has 0 aromatic heterocycles. The van der Waals surface area contributed by atoms with Crippen LogP contribution >= 0.6 is 0 Å². The first kappa shape index (κ1) is 21.0. The number of non-ortho nitro benzene ring substituents is 1. The van der Waals surface area contributed by atoms with Gasteiger partial charge in [-0.05, 0) is 18.9 Å². The minimum absolute atomic E-state index is 0.0987. The van der Waals surface area contributed by atoms with E-state index in [-0.39, 0.29) is 23.8 Å². The summed E-state index contributed by atoms with van der Waals surface area (Å²) in [5.41, 5.74) is 0.466. The highest BCUT2D eigenvalue weighted by atomic mass is 16.6. The molecule has 1 amide bonds. The molecule has 0 atom stereocenters. The number of carbonyl (C=O) groups excluding carboxylic acids is 2. The summed E-state index contributed by atoms with van der Waals surface area (Å²) in [5.74, 6) is -0.950. The van der Waals surface area contributed by atoms with Gasteiger partial charge in [-0.15, -0.1) is 0 Å². The Hall–Kier alpha value is -2.68. The lowest BCUT2D eigenvalue weighted by Gasteiger charge is -2.30. The number of carbonyl (C=O) groups is 2. The van der Waals surface area contributed by atoms with Crippen LogP contribution in [0.1, 0.15) is 42.5 Å². The van der Waals surface area contributed by atoms with Crippen LogP contribution in [-0.4, -0.2) is 67.7 Å². The third kappa shape index (κ3) is 5.66. The fraction of sp³-hybridized carbons (Fsp3) is 0.600. The van der Waals surface area contributed by atoms with Crippen molar-refractivity contribution in [2.45, 2.75) is 32.1 Å². The van der Waals surface area contributed by atoms with Gasteiger partial charge in [-0.3, -0.25) is 14.9 Å². The lowest BCUT2D eigenvalue weighted by atomic mass is 10.1. The predicted octanol–water partition coefficient (Wildman–Crippen LogP) is 2.38. The van der Waals surface area contributed by atoms with Crippen LogP contribution in [0.5, 0.6) is 0 Å². The van der Waals surface area contributed by atoms with Crippen molar-refractivity contribution in [3.05, 3.63) is 33.9 Å². The molecular weight excluding hydrogens is 378 g/mol. The van der Waals surface area contributed by atoms with Crippen LogP contribution < -0.4 is 4.90 Å². The van der Waals surface area contributed by atoms with Crippen molar-refractivity contribution in [1.82, 2.24) is 4.90 Å². The Labute approximate surface area is 169 Å². The lowest BCUT2D eigenvalue weighted by molar-refractivity contribution is -0.384. The van der Waals surface area contributed by atoms with Gasteiger partial charge in [-0.1, -0.05) is 19.3 Å². The fourth-order valence-corrected chi connectivity index (χ4v) is 3.67. The first-order valence-electron chi connectivity index (χ1n) is 10.1.